The fourth-order valence-electron chi connectivity index (χ4n) is 4.75. The summed E-state index contributed by atoms with van der Waals surface area (Å²) >= 11 is 1.62. The Bertz CT molecular complexity index is 1500. The number of aromatic nitrogens is 3. The molecule has 0 bridgehead atoms. The highest BCUT2D eigenvalue weighted by molar-refractivity contribution is 7.15. The maximum absolute atomic E-state index is 13.9. The van der Waals surface area contributed by atoms with E-state index in [-0.39, 0.29) is 11.8 Å². The van der Waals surface area contributed by atoms with Crippen LogP contribution >= 0.6 is 11.3 Å². The molecule has 4 aromatic rings. The minimum absolute atomic E-state index is 0.0737. The van der Waals surface area contributed by atoms with Crippen LogP contribution in [0.1, 0.15) is 57.6 Å². The Morgan fingerprint density at radius 3 is 2.68 bits per heavy atom. The van der Waals surface area contributed by atoms with Gasteiger partial charge >= 0.3 is 0 Å². The summed E-state index contributed by atoms with van der Waals surface area (Å²) in [4.78, 5) is 34.6. The second-order valence-electron chi connectivity index (χ2n) is 10.2. The van der Waals surface area contributed by atoms with Crippen LogP contribution in [0.5, 0.6) is 5.75 Å². The first-order chi connectivity index (χ1) is 18.5. The number of fused-ring (bicyclic) bond motifs is 1. The molecule has 0 aliphatic heterocycles. The van der Waals surface area contributed by atoms with Crippen molar-refractivity contribution < 1.29 is 14.3 Å². The number of thiazole rings is 1. The van der Waals surface area contributed by atoms with E-state index in [2.05, 4.69) is 10.4 Å². The summed E-state index contributed by atoms with van der Waals surface area (Å²) in [5.41, 5.74) is 2.76. The van der Waals surface area contributed by atoms with E-state index in [0.29, 0.717) is 42.9 Å². The minimum Gasteiger partial charge on any atom is -0.497 e. The number of methoxy groups -OCH3 is 1. The Morgan fingerprint density at radius 2 is 1.92 bits per heavy atom. The molecule has 2 amide bonds. The molecule has 2 saturated carbocycles. The van der Waals surface area contributed by atoms with Crippen LogP contribution in [0.15, 0.2) is 48.5 Å². The molecule has 1 N–H and O–H groups in total. The lowest BCUT2D eigenvalue weighted by Crippen LogP contribution is -2.40. The fourth-order valence-corrected chi connectivity index (χ4v) is 5.98. The van der Waals surface area contributed by atoms with Gasteiger partial charge in [-0.2, -0.15) is 5.10 Å². The first-order valence-corrected chi connectivity index (χ1v) is 14.0. The van der Waals surface area contributed by atoms with E-state index in [9.17, 15) is 9.59 Å². The predicted octanol–water partition coefficient (Wildman–Crippen LogP) is 4.87. The monoisotopic (exact) mass is 529 g/mol. The first-order valence-electron chi connectivity index (χ1n) is 13.2. The minimum atomic E-state index is -0.234. The highest BCUT2D eigenvalue weighted by Crippen LogP contribution is 2.45. The zero-order chi connectivity index (χ0) is 26.2. The van der Waals surface area contributed by atoms with E-state index in [1.54, 1.807) is 23.1 Å². The summed E-state index contributed by atoms with van der Waals surface area (Å²) in [6.45, 7) is 1.44. The molecule has 2 aromatic carbocycles. The van der Waals surface area contributed by atoms with Crippen LogP contribution in [0.3, 0.4) is 0 Å². The van der Waals surface area contributed by atoms with Gasteiger partial charge in [-0.1, -0.05) is 30.3 Å². The first kappa shape index (κ1) is 24.6. The van der Waals surface area contributed by atoms with E-state index >= 15 is 0 Å². The standard InChI is InChI=1S/C29H31N5O3S/c1-33-23-9-4-3-8-22(23)24(32-33)27(35)30-14-15-34(17-18-10-11-18)29(36)25-26(38-28(31-25)19-12-13-19)20-6-5-7-21(16-20)37-2/h3-9,16,18-19H,10-15,17H2,1-2H3,(H,30,35). The summed E-state index contributed by atoms with van der Waals surface area (Å²) in [6.07, 6.45) is 4.50. The maximum atomic E-state index is 13.9. The van der Waals surface area contributed by atoms with Crippen LogP contribution in [0.4, 0.5) is 0 Å². The van der Waals surface area contributed by atoms with Crippen LogP contribution in [0.25, 0.3) is 21.3 Å². The van der Waals surface area contributed by atoms with Crippen molar-refractivity contribution in [2.24, 2.45) is 13.0 Å². The SMILES string of the molecule is COc1cccc(-c2sc(C3CC3)nc2C(=O)N(CCNC(=O)c2nn(C)c3ccccc23)CC2CC2)c1. The average molecular weight is 530 g/mol. The molecule has 38 heavy (non-hydrogen) atoms. The van der Waals surface area contributed by atoms with Gasteiger partial charge in [-0.25, -0.2) is 4.98 Å². The van der Waals surface area contributed by atoms with Gasteiger partial charge < -0.3 is 15.0 Å². The molecule has 0 spiro atoms. The predicted molar refractivity (Wildman–Crippen MR) is 148 cm³/mol. The summed E-state index contributed by atoms with van der Waals surface area (Å²) in [7, 11) is 3.48. The lowest BCUT2D eigenvalue weighted by Gasteiger charge is -2.22. The molecule has 6 rings (SSSR count). The van der Waals surface area contributed by atoms with E-state index in [1.807, 2.05) is 60.5 Å². The lowest BCUT2D eigenvalue weighted by molar-refractivity contribution is 0.0736. The lowest BCUT2D eigenvalue weighted by atomic mass is 10.1. The molecule has 0 atom stereocenters. The number of amides is 2. The fraction of sp³-hybridized carbons (Fsp3) is 0.379. The van der Waals surface area contributed by atoms with Crippen molar-refractivity contribution in [3.8, 4) is 16.2 Å². The number of nitrogens with one attached hydrogen (secondary N) is 1. The van der Waals surface area contributed by atoms with E-state index in [0.717, 1.165) is 57.8 Å². The van der Waals surface area contributed by atoms with Crippen LogP contribution in [-0.4, -0.2) is 58.2 Å². The van der Waals surface area contributed by atoms with Crippen molar-refractivity contribution >= 4 is 34.1 Å². The van der Waals surface area contributed by atoms with Gasteiger partial charge in [-0.05, 0) is 55.4 Å². The molecule has 9 heteroatoms. The Hall–Kier alpha value is -3.72. The Morgan fingerprint density at radius 1 is 1.11 bits per heavy atom. The number of carbonyl (C=O) groups excluding carboxylic acids is 2. The van der Waals surface area contributed by atoms with E-state index in [1.165, 1.54) is 0 Å². The third kappa shape index (κ3) is 5.03. The van der Waals surface area contributed by atoms with Gasteiger partial charge in [0.25, 0.3) is 11.8 Å². The molecule has 196 valence electrons. The van der Waals surface area contributed by atoms with Crippen molar-refractivity contribution in [3.05, 3.63) is 64.9 Å². The van der Waals surface area contributed by atoms with Gasteiger partial charge in [-0.15, -0.1) is 11.3 Å². The number of hydrogen-bond donors (Lipinski definition) is 1. The second-order valence-corrected chi connectivity index (χ2v) is 11.2. The summed E-state index contributed by atoms with van der Waals surface area (Å²) < 4.78 is 7.15. The van der Waals surface area contributed by atoms with Gasteiger partial charge in [0, 0.05) is 38.0 Å². The number of carbonyl (C=O) groups is 2. The van der Waals surface area contributed by atoms with Gasteiger partial charge in [0.05, 0.1) is 22.5 Å². The molecule has 2 aromatic heterocycles. The molecular weight excluding hydrogens is 498 g/mol. The quantitative estimate of drug-likeness (QED) is 0.317. The van der Waals surface area contributed by atoms with Crippen molar-refractivity contribution in [1.29, 1.82) is 0 Å². The zero-order valence-corrected chi connectivity index (χ0v) is 22.5. The highest BCUT2D eigenvalue weighted by Gasteiger charge is 2.33. The molecule has 0 radical (unpaired) electrons. The zero-order valence-electron chi connectivity index (χ0n) is 21.6. The Kier molecular flexibility index (Phi) is 6.61. The molecule has 2 aliphatic carbocycles. The summed E-state index contributed by atoms with van der Waals surface area (Å²) in [6, 6.07) is 15.5. The molecule has 2 aliphatic rings. The van der Waals surface area contributed by atoms with Crippen molar-refractivity contribution in [2.45, 2.75) is 31.6 Å². The number of aryl methyl sites for hydroxylation is 1. The van der Waals surface area contributed by atoms with Gasteiger partial charge in [0.15, 0.2) is 5.69 Å². The molecule has 0 unspecified atom stereocenters. The number of ether oxygens (including phenoxy) is 1. The third-order valence-corrected chi connectivity index (χ3v) is 8.47. The molecular formula is C29H31N5O3S. The number of benzene rings is 2. The van der Waals surface area contributed by atoms with Crippen molar-refractivity contribution in [1.82, 2.24) is 25.0 Å². The van der Waals surface area contributed by atoms with Gasteiger partial charge in [0.1, 0.15) is 11.4 Å². The van der Waals surface area contributed by atoms with Crippen molar-refractivity contribution in [3.63, 3.8) is 0 Å². The highest BCUT2D eigenvalue weighted by atomic mass is 32.1. The number of rotatable bonds is 10. The van der Waals surface area contributed by atoms with Crippen LogP contribution in [0.2, 0.25) is 0 Å². The normalized spacial score (nSPS) is 15.0. The van der Waals surface area contributed by atoms with Crippen LogP contribution < -0.4 is 10.1 Å². The van der Waals surface area contributed by atoms with Gasteiger partial charge in [0.2, 0.25) is 0 Å². The Balaban J connectivity index is 1.22. The molecule has 2 fully saturated rings. The molecule has 8 nitrogen and oxygen atoms in total. The molecule has 2 heterocycles. The smallest absolute Gasteiger partial charge is 0.274 e. The maximum Gasteiger partial charge on any atom is 0.274 e. The topological polar surface area (TPSA) is 89.3 Å². The summed E-state index contributed by atoms with van der Waals surface area (Å²) in [5, 5.41) is 9.26. The number of hydrogen-bond acceptors (Lipinski definition) is 6. The number of nitrogens with zero attached hydrogens (tertiary/aromatic N) is 4. The second kappa shape index (κ2) is 10.2. The van der Waals surface area contributed by atoms with E-state index in [4.69, 9.17) is 9.72 Å². The molecule has 0 saturated heterocycles. The third-order valence-electron chi connectivity index (χ3n) is 7.21. The van der Waals surface area contributed by atoms with E-state index < -0.39 is 0 Å². The van der Waals surface area contributed by atoms with Crippen LogP contribution in [0, 0.1) is 5.92 Å². The Labute approximate surface area is 225 Å². The van der Waals surface area contributed by atoms with Crippen LogP contribution in [-0.2, 0) is 7.05 Å². The van der Waals surface area contributed by atoms with Gasteiger partial charge in [-0.3, -0.25) is 14.3 Å². The van der Waals surface area contributed by atoms with Crippen molar-refractivity contribution in [2.75, 3.05) is 26.7 Å². The number of para-hydroxylation sites is 1. The largest absolute Gasteiger partial charge is 0.497 e. The summed E-state index contributed by atoms with van der Waals surface area (Å²) in [5.74, 6) is 1.41. The average Bonchev–Trinajstić information content (AvgIpc) is 3.88.